The average molecular weight is 217 g/mol. The summed E-state index contributed by atoms with van der Waals surface area (Å²) in [6.07, 6.45) is 5.84. The van der Waals surface area contributed by atoms with Crippen molar-refractivity contribution in [1.29, 1.82) is 0 Å². The van der Waals surface area contributed by atoms with Crippen molar-refractivity contribution in [2.75, 3.05) is 0 Å². The molecule has 0 unspecified atom stereocenters. The van der Waals surface area contributed by atoms with E-state index in [0.29, 0.717) is 0 Å². The van der Waals surface area contributed by atoms with E-state index < -0.39 is 17.3 Å². The van der Waals surface area contributed by atoms with Crippen LogP contribution in [0.2, 0.25) is 0 Å². The highest BCUT2D eigenvalue weighted by Crippen LogP contribution is 2.06. The Bertz CT molecular complexity index is 409. The van der Waals surface area contributed by atoms with Gasteiger partial charge < -0.3 is 0 Å². The Kier molecular flexibility index (Phi) is 5.63. The van der Waals surface area contributed by atoms with Gasteiger partial charge in [-0.05, 0) is 31.6 Å². The SMILES string of the molecule is C=CC(=O)/[C]=C(/C(=O)C=CC)C(=O)C(=C)C. The Hall–Kier alpha value is -2.03. The maximum atomic E-state index is 11.6. The quantitative estimate of drug-likeness (QED) is 0.387. The molecule has 0 aromatic heterocycles. The van der Waals surface area contributed by atoms with Crippen LogP contribution in [0.3, 0.4) is 0 Å². The van der Waals surface area contributed by atoms with Crippen LogP contribution in [0.25, 0.3) is 0 Å². The molecule has 0 aromatic rings. The molecule has 16 heavy (non-hydrogen) atoms. The van der Waals surface area contributed by atoms with Gasteiger partial charge in [-0.1, -0.05) is 19.2 Å². The minimum atomic E-state index is -0.609. The van der Waals surface area contributed by atoms with Crippen molar-refractivity contribution in [1.82, 2.24) is 0 Å². The van der Waals surface area contributed by atoms with E-state index in [0.717, 1.165) is 6.08 Å². The fourth-order valence-electron chi connectivity index (χ4n) is 0.853. The third-order valence-corrected chi connectivity index (χ3v) is 1.61. The predicted molar refractivity (Wildman–Crippen MR) is 61.6 cm³/mol. The van der Waals surface area contributed by atoms with Gasteiger partial charge in [0, 0.05) is 6.08 Å². The second-order valence-corrected chi connectivity index (χ2v) is 3.04. The highest BCUT2D eigenvalue weighted by Gasteiger charge is 2.17. The van der Waals surface area contributed by atoms with Gasteiger partial charge in [-0.15, -0.1) is 0 Å². The molecule has 0 saturated heterocycles. The van der Waals surface area contributed by atoms with Gasteiger partial charge in [0.1, 0.15) is 0 Å². The second kappa shape index (κ2) is 6.45. The summed E-state index contributed by atoms with van der Waals surface area (Å²) in [4.78, 5) is 34.1. The van der Waals surface area contributed by atoms with Gasteiger partial charge in [0.05, 0.1) is 5.57 Å². The van der Waals surface area contributed by atoms with Crippen molar-refractivity contribution in [3.05, 3.63) is 48.6 Å². The topological polar surface area (TPSA) is 51.2 Å². The largest absolute Gasteiger partial charge is 0.289 e. The standard InChI is InChI=1S/C13H13O3/c1-5-7-12(15)11(8-10(14)6-2)13(16)9(3)4/h5-7H,2-3H2,1,4H3. The van der Waals surface area contributed by atoms with E-state index in [9.17, 15) is 14.4 Å². The van der Waals surface area contributed by atoms with Gasteiger partial charge in [0.2, 0.25) is 0 Å². The molecule has 0 amide bonds. The maximum Gasteiger partial charge on any atom is 0.192 e. The lowest BCUT2D eigenvalue weighted by Crippen LogP contribution is -2.13. The number of carbonyl (C=O) groups excluding carboxylic acids is 3. The molecule has 3 nitrogen and oxygen atoms in total. The second-order valence-electron chi connectivity index (χ2n) is 3.04. The summed E-state index contributed by atoms with van der Waals surface area (Å²) >= 11 is 0. The summed E-state index contributed by atoms with van der Waals surface area (Å²) in [5.41, 5.74) is -0.132. The van der Waals surface area contributed by atoms with Crippen LogP contribution < -0.4 is 0 Å². The molecule has 0 heterocycles. The first-order valence-corrected chi connectivity index (χ1v) is 4.61. The van der Waals surface area contributed by atoms with Gasteiger partial charge in [0.15, 0.2) is 17.3 Å². The number of allylic oxidation sites excluding steroid dienone is 6. The normalized spacial score (nSPS) is 11.2. The van der Waals surface area contributed by atoms with Crippen LogP contribution in [0.15, 0.2) is 42.5 Å². The third kappa shape index (κ3) is 4.00. The molecule has 3 heteroatoms. The van der Waals surface area contributed by atoms with Crippen LogP contribution in [0.1, 0.15) is 13.8 Å². The van der Waals surface area contributed by atoms with E-state index in [1.54, 1.807) is 6.92 Å². The zero-order chi connectivity index (χ0) is 12.7. The number of hydrogen-bond donors (Lipinski definition) is 0. The molecule has 0 aliphatic carbocycles. The van der Waals surface area contributed by atoms with E-state index in [4.69, 9.17) is 0 Å². The molecule has 0 rings (SSSR count). The maximum absolute atomic E-state index is 11.6. The van der Waals surface area contributed by atoms with Crippen LogP contribution >= 0.6 is 0 Å². The smallest absolute Gasteiger partial charge is 0.192 e. The van der Waals surface area contributed by atoms with E-state index in [2.05, 4.69) is 19.2 Å². The Balaban J connectivity index is 5.38. The van der Waals surface area contributed by atoms with Crippen molar-refractivity contribution in [2.24, 2.45) is 0 Å². The molecular weight excluding hydrogens is 204 g/mol. The van der Waals surface area contributed by atoms with Gasteiger partial charge in [0.25, 0.3) is 0 Å². The summed E-state index contributed by atoms with van der Waals surface area (Å²) in [5, 5.41) is 0. The highest BCUT2D eigenvalue weighted by atomic mass is 16.2. The van der Waals surface area contributed by atoms with Crippen LogP contribution in [-0.2, 0) is 14.4 Å². The molecule has 0 fully saturated rings. The van der Waals surface area contributed by atoms with E-state index >= 15 is 0 Å². The summed E-state index contributed by atoms with van der Waals surface area (Å²) in [7, 11) is 0. The Labute approximate surface area is 94.8 Å². The predicted octanol–water partition coefficient (Wildman–Crippen LogP) is 1.76. The monoisotopic (exact) mass is 217 g/mol. The lowest BCUT2D eigenvalue weighted by molar-refractivity contribution is -0.118. The van der Waals surface area contributed by atoms with Crippen molar-refractivity contribution < 1.29 is 14.4 Å². The number of Topliss-reactive ketones (excluding diaryl/α,β-unsaturated/α-hetero) is 1. The number of carbonyl (C=O) groups is 3. The lowest BCUT2D eigenvalue weighted by atomic mass is 10.00. The van der Waals surface area contributed by atoms with Crippen molar-refractivity contribution >= 4 is 17.3 Å². The molecule has 0 atom stereocenters. The minimum absolute atomic E-state index is 0.178. The van der Waals surface area contributed by atoms with Gasteiger partial charge in [-0.3, -0.25) is 14.4 Å². The summed E-state index contributed by atoms with van der Waals surface area (Å²) in [5.74, 6) is -1.76. The van der Waals surface area contributed by atoms with E-state index in [-0.39, 0.29) is 11.1 Å². The molecule has 0 spiro atoms. The fraction of sp³-hybridized carbons (Fsp3) is 0.154. The molecule has 0 aliphatic rings. The summed E-state index contributed by atoms with van der Waals surface area (Å²) in [6.45, 7) is 9.76. The zero-order valence-electron chi connectivity index (χ0n) is 9.37. The molecule has 0 aromatic carbocycles. The number of hydrogen-bond acceptors (Lipinski definition) is 3. The first kappa shape index (κ1) is 14.0. The van der Waals surface area contributed by atoms with E-state index in [1.165, 1.54) is 19.1 Å². The average Bonchev–Trinajstić information content (AvgIpc) is 2.24. The lowest BCUT2D eigenvalue weighted by Gasteiger charge is -2.00. The van der Waals surface area contributed by atoms with Gasteiger partial charge in [-0.2, -0.15) is 0 Å². The van der Waals surface area contributed by atoms with Crippen molar-refractivity contribution in [3.63, 3.8) is 0 Å². The zero-order valence-corrected chi connectivity index (χ0v) is 9.37. The Morgan fingerprint density at radius 2 is 1.81 bits per heavy atom. The molecule has 1 radical (unpaired) electrons. The first-order chi connectivity index (χ1) is 7.43. The highest BCUT2D eigenvalue weighted by molar-refractivity contribution is 6.30. The molecule has 83 valence electrons. The van der Waals surface area contributed by atoms with Crippen LogP contribution in [0.5, 0.6) is 0 Å². The molecule has 0 bridgehead atoms. The van der Waals surface area contributed by atoms with Crippen LogP contribution in [-0.4, -0.2) is 17.3 Å². The fourth-order valence-corrected chi connectivity index (χ4v) is 0.853. The Morgan fingerprint density at radius 1 is 1.25 bits per heavy atom. The summed E-state index contributed by atoms with van der Waals surface area (Å²) < 4.78 is 0. The van der Waals surface area contributed by atoms with Crippen molar-refractivity contribution in [3.8, 4) is 0 Å². The van der Waals surface area contributed by atoms with E-state index in [1.807, 2.05) is 0 Å². The molecule has 0 N–H and O–H groups in total. The van der Waals surface area contributed by atoms with Crippen LogP contribution in [0.4, 0.5) is 0 Å². The number of rotatable bonds is 6. The summed E-state index contributed by atoms with van der Waals surface area (Å²) in [6, 6.07) is 0. The third-order valence-electron chi connectivity index (χ3n) is 1.61. The molecular formula is C13H13O3. The van der Waals surface area contributed by atoms with Gasteiger partial charge in [-0.25, -0.2) is 0 Å². The minimum Gasteiger partial charge on any atom is -0.289 e. The number of ketones is 3. The first-order valence-electron chi connectivity index (χ1n) is 4.61. The molecule has 0 aliphatic heterocycles. The molecule has 0 saturated carbocycles. The van der Waals surface area contributed by atoms with Crippen LogP contribution in [0, 0.1) is 6.08 Å². The Morgan fingerprint density at radius 3 is 2.19 bits per heavy atom. The van der Waals surface area contributed by atoms with Gasteiger partial charge >= 0.3 is 0 Å². The van der Waals surface area contributed by atoms with Crippen molar-refractivity contribution in [2.45, 2.75) is 13.8 Å².